The van der Waals surface area contributed by atoms with Gasteiger partial charge in [-0.1, -0.05) is 60.6 Å². The molecule has 0 aliphatic heterocycles. The zero-order valence-corrected chi connectivity index (χ0v) is 15.9. The van der Waals surface area contributed by atoms with E-state index in [9.17, 15) is 4.79 Å². The van der Waals surface area contributed by atoms with Gasteiger partial charge in [0.15, 0.2) is 18.3 Å². The second kappa shape index (κ2) is 8.47. The average molecular weight is 389 g/mol. The number of hydrogen-bond donors (Lipinski definition) is 0. The molecule has 0 unspecified atom stereocenters. The lowest BCUT2D eigenvalue weighted by atomic mass is 10.2. The van der Waals surface area contributed by atoms with Crippen LogP contribution in [0.4, 0.5) is 0 Å². The molecule has 29 heavy (non-hydrogen) atoms. The Morgan fingerprint density at radius 3 is 2.48 bits per heavy atom. The molecule has 2 heterocycles. The Hall–Kier alpha value is -3.81. The van der Waals surface area contributed by atoms with E-state index in [2.05, 4.69) is 20.2 Å². The summed E-state index contributed by atoms with van der Waals surface area (Å²) in [5.41, 5.74) is 1.63. The van der Waals surface area contributed by atoms with Gasteiger partial charge in [0, 0.05) is 12.0 Å². The van der Waals surface area contributed by atoms with Crippen LogP contribution in [-0.2, 0) is 17.8 Å². The molecule has 0 bridgehead atoms. The number of hydrogen-bond acceptors (Lipinski definition) is 7. The van der Waals surface area contributed by atoms with E-state index >= 15 is 0 Å². The second-order valence-electron chi connectivity index (χ2n) is 6.30. The van der Waals surface area contributed by atoms with Crippen LogP contribution in [0.1, 0.15) is 35.7 Å². The van der Waals surface area contributed by atoms with Crippen LogP contribution in [0, 0.1) is 0 Å². The molecule has 0 atom stereocenters. The normalized spacial score (nSPS) is 10.8. The Balaban J connectivity index is 1.58. The van der Waals surface area contributed by atoms with Crippen LogP contribution in [0.2, 0.25) is 0 Å². The van der Waals surface area contributed by atoms with Gasteiger partial charge in [-0.25, -0.2) is 14.5 Å². The monoisotopic (exact) mass is 389 g/mol. The van der Waals surface area contributed by atoms with Crippen molar-refractivity contribution >= 4 is 5.97 Å². The number of rotatable bonds is 7. The van der Waals surface area contributed by atoms with Crippen LogP contribution in [0.25, 0.3) is 17.1 Å². The number of carbonyl (C=O) groups excluding carboxylic acids is 1. The number of carbonyl (C=O) groups is 1. The molecular weight excluding hydrogens is 370 g/mol. The Bertz CT molecular complexity index is 1030. The molecular formula is C21H19N5O3. The second-order valence-corrected chi connectivity index (χ2v) is 6.30. The van der Waals surface area contributed by atoms with Crippen LogP contribution in [0.5, 0.6) is 0 Å². The number of benzene rings is 2. The first-order chi connectivity index (χ1) is 14.2. The predicted octanol–water partition coefficient (Wildman–Crippen LogP) is 3.63. The van der Waals surface area contributed by atoms with Gasteiger partial charge >= 0.3 is 5.97 Å². The summed E-state index contributed by atoms with van der Waals surface area (Å²) in [6.07, 6.45) is 1.61. The molecule has 4 aromatic rings. The lowest BCUT2D eigenvalue weighted by molar-refractivity contribution is 0.0415. The van der Waals surface area contributed by atoms with Crippen molar-refractivity contribution in [2.75, 3.05) is 0 Å². The van der Waals surface area contributed by atoms with Crippen molar-refractivity contribution in [1.82, 2.24) is 24.9 Å². The molecule has 0 fully saturated rings. The number of ether oxygens (including phenoxy) is 1. The number of aryl methyl sites for hydroxylation is 1. The van der Waals surface area contributed by atoms with Gasteiger partial charge in [0.25, 0.3) is 11.7 Å². The fraction of sp³-hybridized carbons (Fsp3) is 0.190. The van der Waals surface area contributed by atoms with Crippen LogP contribution in [-0.4, -0.2) is 30.9 Å². The van der Waals surface area contributed by atoms with Gasteiger partial charge in [0.1, 0.15) is 0 Å². The molecule has 0 spiro atoms. The molecule has 0 saturated carbocycles. The van der Waals surface area contributed by atoms with E-state index in [1.54, 1.807) is 4.68 Å². The topological polar surface area (TPSA) is 95.9 Å². The number of esters is 1. The van der Waals surface area contributed by atoms with Gasteiger partial charge in [-0.05, 0) is 18.6 Å². The number of aromatic nitrogens is 5. The molecule has 4 rings (SSSR count). The highest BCUT2D eigenvalue weighted by molar-refractivity contribution is 5.85. The van der Waals surface area contributed by atoms with E-state index in [4.69, 9.17) is 9.26 Å². The zero-order valence-electron chi connectivity index (χ0n) is 15.9. The van der Waals surface area contributed by atoms with E-state index < -0.39 is 5.97 Å². The molecule has 0 saturated heterocycles. The molecule has 2 aromatic carbocycles. The van der Waals surface area contributed by atoms with Crippen molar-refractivity contribution in [3.8, 4) is 17.1 Å². The molecule has 0 N–H and O–H groups in total. The molecule has 0 aliphatic carbocycles. The first-order valence-corrected chi connectivity index (χ1v) is 9.31. The van der Waals surface area contributed by atoms with Crippen molar-refractivity contribution in [3.05, 3.63) is 78.2 Å². The van der Waals surface area contributed by atoms with Crippen molar-refractivity contribution in [1.29, 1.82) is 0 Å². The van der Waals surface area contributed by atoms with E-state index in [1.807, 2.05) is 67.6 Å². The Morgan fingerprint density at radius 2 is 1.76 bits per heavy atom. The fourth-order valence-electron chi connectivity index (χ4n) is 2.79. The molecule has 8 heteroatoms. The summed E-state index contributed by atoms with van der Waals surface area (Å²) in [5, 5.41) is 8.21. The third-order valence-corrected chi connectivity index (χ3v) is 4.13. The maximum absolute atomic E-state index is 12.5. The van der Waals surface area contributed by atoms with Crippen molar-refractivity contribution in [3.63, 3.8) is 0 Å². The van der Waals surface area contributed by atoms with Gasteiger partial charge < -0.3 is 9.26 Å². The smallest absolute Gasteiger partial charge is 0.378 e. The quantitative estimate of drug-likeness (QED) is 0.445. The van der Waals surface area contributed by atoms with Crippen LogP contribution >= 0.6 is 0 Å². The molecule has 0 aliphatic rings. The van der Waals surface area contributed by atoms with E-state index in [0.29, 0.717) is 18.1 Å². The van der Waals surface area contributed by atoms with E-state index in [0.717, 1.165) is 17.7 Å². The first-order valence-electron chi connectivity index (χ1n) is 9.31. The summed E-state index contributed by atoms with van der Waals surface area (Å²) in [5.74, 6) is 0.684. The maximum atomic E-state index is 12.5. The van der Waals surface area contributed by atoms with Crippen molar-refractivity contribution < 1.29 is 14.1 Å². The lowest BCUT2D eigenvalue weighted by Gasteiger charge is -2.05. The molecule has 146 valence electrons. The number of para-hydroxylation sites is 1. The minimum Gasteiger partial charge on any atom is -0.450 e. The van der Waals surface area contributed by atoms with Gasteiger partial charge in [0.2, 0.25) is 0 Å². The van der Waals surface area contributed by atoms with Gasteiger partial charge in [0.05, 0.1) is 5.69 Å². The van der Waals surface area contributed by atoms with Crippen LogP contribution in [0.15, 0.2) is 65.2 Å². The highest BCUT2D eigenvalue weighted by Gasteiger charge is 2.20. The molecule has 0 amide bonds. The third kappa shape index (κ3) is 4.21. The minimum absolute atomic E-state index is 0.0407. The summed E-state index contributed by atoms with van der Waals surface area (Å²) in [6, 6.07) is 19.0. The Morgan fingerprint density at radius 1 is 1.03 bits per heavy atom. The zero-order chi connectivity index (χ0) is 20.1. The summed E-state index contributed by atoms with van der Waals surface area (Å²) in [4.78, 5) is 21.1. The molecule has 0 radical (unpaired) electrons. The van der Waals surface area contributed by atoms with Crippen LogP contribution in [0.3, 0.4) is 0 Å². The SMILES string of the molecule is CCCc1noc(COC(=O)c2nc(-c3ccccc3)n(-c3ccccc3)n2)n1. The number of nitrogens with zero attached hydrogens (tertiary/aromatic N) is 5. The fourth-order valence-corrected chi connectivity index (χ4v) is 2.79. The van der Waals surface area contributed by atoms with Crippen molar-refractivity contribution in [2.45, 2.75) is 26.4 Å². The molecule has 2 aromatic heterocycles. The average Bonchev–Trinajstić information content (AvgIpc) is 3.41. The van der Waals surface area contributed by atoms with E-state index in [-0.39, 0.29) is 18.3 Å². The Kier molecular flexibility index (Phi) is 5.42. The van der Waals surface area contributed by atoms with Crippen LogP contribution < -0.4 is 0 Å². The summed E-state index contributed by atoms with van der Waals surface area (Å²) >= 11 is 0. The first kappa shape index (κ1) is 18.5. The van der Waals surface area contributed by atoms with E-state index in [1.165, 1.54) is 0 Å². The van der Waals surface area contributed by atoms with Gasteiger partial charge in [-0.15, -0.1) is 5.10 Å². The largest absolute Gasteiger partial charge is 0.450 e. The maximum Gasteiger partial charge on any atom is 0.378 e. The summed E-state index contributed by atoms with van der Waals surface area (Å²) in [7, 11) is 0. The highest BCUT2D eigenvalue weighted by Crippen LogP contribution is 2.21. The van der Waals surface area contributed by atoms with Gasteiger partial charge in [-0.2, -0.15) is 4.98 Å². The van der Waals surface area contributed by atoms with Gasteiger partial charge in [-0.3, -0.25) is 0 Å². The lowest BCUT2D eigenvalue weighted by Crippen LogP contribution is -2.08. The summed E-state index contributed by atoms with van der Waals surface area (Å²) < 4.78 is 12.0. The standard InChI is InChI=1S/C21H19N5O3/c1-2-9-17-22-18(29-25-17)14-28-21(27)19-23-20(15-10-5-3-6-11-15)26(24-19)16-12-7-4-8-13-16/h3-8,10-13H,2,9,14H2,1H3. The molecule has 8 nitrogen and oxygen atoms in total. The third-order valence-electron chi connectivity index (χ3n) is 4.13. The minimum atomic E-state index is -0.660. The summed E-state index contributed by atoms with van der Waals surface area (Å²) in [6.45, 7) is 1.89. The predicted molar refractivity (Wildman–Crippen MR) is 104 cm³/mol. The Labute approximate surface area is 167 Å². The van der Waals surface area contributed by atoms with Crippen molar-refractivity contribution in [2.24, 2.45) is 0 Å². The highest BCUT2D eigenvalue weighted by atomic mass is 16.6.